The average Bonchev–Trinajstić information content (AvgIpc) is 2.41. The molecule has 0 bridgehead atoms. The van der Waals surface area contributed by atoms with Crippen molar-refractivity contribution in [1.82, 2.24) is 0 Å². The van der Waals surface area contributed by atoms with Gasteiger partial charge in [-0.25, -0.2) is 8.78 Å². The fourth-order valence-corrected chi connectivity index (χ4v) is 1.58. The Balaban J connectivity index is 2.44. The number of primary amides is 1. The third-order valence-electron chi connectivity index (χ3n) is 2.55. The number of amides is 1. The molecule has 0 aliphatic heterocycles. The average molecular weight is 294 g/mol. The number of halogens is 2. The summed E-state index contributed by atoms with van der Waals surface area (Å²) in [7, 11) is 0. The maximum Gasteiger partial charge on any atom is 0.312 e. The third kappa shape index (κ3) is 3.11. The minimum Gasteiger partial charge on any atom is -0.447 e. The Bertz CT molecular complexity index is 734. The lowest BCUT2D eigenvalue weighted by Crippen LogP contribution is -2.11. The van der Waals surface area contributed by atoms with E-state index in [9.17, 15) is 23.7 Å². The quantitative estimate of drug-likeness (QED) is 0.692. The molecule has 0 fully saturated rings. The van der Waals surface area contributed by atoms with Gasteiger partial charge in [-0.2, -0.15) is 0 Å². The highest BCUT2D eigenvalue weighted by molar-refractivity contribution is 5.93. The smallest absolute Gasteiger partial charge is 0.312 e. The van der Waals surface area contributed by atoms with E-state index >= 15 is 0 Å². The van der Waals surface area contributed by atoms with Gasteiger partial charge in [0.25, 0.3) is 0 Å². The maximum absolute atomic E-state index is 13.5. The van der Waals surface area contributed by atoms with Crippen LogP contribution in [0.15, 0.2) is 36.4 Å². The lowest BCUT2D eigenvalue weighted by atomic mass is 10.2. The molecule has 2 aromatic rings. The number of hydrogen-bond acceptors (Lipinski definition) is 4. The molecule has 0 atom stereocenters. The van der Waals surface area contributed by atoms with E-state index in [1.54, 1.807) is 0 Å². The molecule has 2 N–H and O–H groups in total. The van der Waals surface area contributed by atoms with Crippen LogP contribution in [0.1, 0.15) is 10.4 Å². The van der Waals surface area contributed by atoms with Crippen molar-refractivity contribution in [2.75, 3.05) is 0 Å². The molecule has 0 saturated heterocycles. The van der Waals surface area contributed by atoms with Gasteiger partial charge in [0.1, 0.15) is 5.82 Å². The van der Waals surface area contributed by atoms with Crippen molar-refractivity contribution >= 4 is 11.6 Å². The van der Waals surface area contributed by atoms with E-state index in [4.69, 9.17) is 10.5 Å². The summed E-state index contributed by atoms with van der Waals surface area (Å²) in [6.07, 6.45) is 0. The number of nitro benzene ring substituents is 1. The first-order valence-electron chi connectivity index (χ1n) is 5.59. The van der Waals surface area contributed by atoms with Gasteiger partial charge in [-0.15, -0.1) is 0 Å². The number of nitro groups is 1. The highest BCUT2D eigenvalue weighted by Crippen LogP contribution is 2.33. The highest BCUT2D eigenvalue weighted by atomic mass is 19.1. The molecule has 0 spiro atoms. The molecule has 0 aromatic heterocycles. The molecule has 108 valence electrons. The molecule has 0 radical (unpaired) electrons. The highest BCUT2D eigenvalue weighted by Gasteiger charge is 2.19. The van der Waals surface area contributed by atoms with Crippen LogP contribution in [-0.4, -0.2) is 10.8 Å². The van der Waals surface area contributed by atoms with Crippen molar-refractivity contribution in [3.8, 4) is 11.5 Å². The van der Waals surface area contributed by atoms with Gasteiger partial charge in [-0.05, 0) is 24.3 Å². The molecule has 0 aliphatic carbocycles. The van der Waals surface area contributed by atoms with Crippen molar-refractivity contribution in [2.24, 2.45) is 5.73 Å². The van der Waals surface area contributed by atoms with E-state index in [2.05, 4.69) is 0 Å². The summed E-state index contributed by atoms with van der Waals surface area (Å²) in [6.45, 7) is 0. The van der Waals surface area contributed by atoms with Crippen molar-refractivity contribution in [1.29, 1.82) is 0 Å². The van der Waals surface area contributed by atoms with Gasteiger partial charge in [0.15, 0.2) is 11.6 Å². The van der Waals surface area contributed by atoms with Crippen LogP contribution in [0.3, 0.4) is 0 Å². The molecule has 8 heteroatoms. The Hall–Kier alpha value is -3.03. The number of hydrogen-bond donors (Lipinski definition) is 1. The zero-order valence-corrected chi connectivity index (χ0v) is 10.4. The Morgan fingerprint density at radius 2 is 1.81 bits per heavy atom. The molecule has 0 heterocycles. The first-order valence-corrected chi connectivity index (χ1v) is 5.59. The van der Waals surface area contributed by atoms with Gasteiger partial charge >= 0.3 is 5.69 Å². The summed E-state index contributed by atoms with van der Waals surface area (Å²) < 4.78 is 31.3. The van der Waals surface area contributed by atoms with Crippen molar-refractivity contribution in [3.05, 3.63) is 63.7 Å². The van der Waals surface area contributed by atoms with Crippen LogP contribution in [0.5, 0.6) is 11.5 Å². The Kier molecular flexibility index (Phi) is 3.79. The standard InChI is InChI=1S/C13H8F2N2O4/c14-8-2-4-11(9(15)6-8)21-12-3-1-7(13(16)18)5-10(12)17(19)20/h1-6H,(H2,16,18). The van der Waals surface area contributed by atoms with Gasteiger partial charge in [-0.3, -0.25) is 14.9 Å². The van der Waals surface area contributed by atoms with Crippen LogP contribution in [0.4, 0.5) is 14.5 Å². The number of nitrogens with zero attached hydrogens (tertiary/aromatic N) is 1. The van der Waals surface area contributed by atoms with Crippen LogP contribution < -0.4 is 10.5 Å². The topological polar surface area (TPSA) is 95.5 Å². The van der Waals surface area contributed by atoms with Crippen LogP contribution in [0, 0.1) is 21.7 Å². The zero-order valence-electron chi connectivity index (χ0n) is 10.4. The summed E-state index contributed by atoms with van der Waals surface area (Å²) in [4.78, 5) is 21.1. The molecule has 2 rings (SSSR count). The molecule has 0 saturated carbocycles. The van der Waals surface area contributed by atoms with E-state index in [1.165, 1.54) is 6.07 Å². The largest absolute Gasteiger partial charge is 0.447 e. The Morgan fingerprint density at radius 1 is 1.14 bits per heavy atom. The second-order valence-electron chi connectivity index (χ2n) is 3.98. The Labute approximate surface area is 116 Å². The fourth-order valence-electron chi connectivity index (χ4n) is 1.58. The predicted octanol–water partition coefficient (Wildman–Crippen LogP) is 2.76. The van der Waals surface area contributed by atoms with Crippen LogP contribution in [-0.2, 0) is 0 Å². The molecule has 1 amide bonds. The summed E-state index contributed by atoms with van der Waals surface area (Å²) in [5.41, 5.74) is 4.37. The minimum absolute atomic E-state index is 0.0892. The van der Waals surface area contributed by atoms with Gasteiger partial charge in [0.2, 0.25) is 11.7 Å². The predicted molar refractivity (Wildman–Crippen MR) is 68.0 cm³/mol. The lowest BCUT2D eigenvalue weighted by molar-refractivity contribution is -0.385. The minimum atomic E-state index is -1.01. The number of carbonyl (C=O) groups is 1. The number of rotatable bonds is 4. The Morgan fingerprint density at radius 3 is 2.38 bits per heavy atom. The molecule has 2 aromatic carbocycles. The van der Waals surface area contributed by atoms with Gasteiger partial charge in [-0.1, -0.05) is 0 Å². The molecule has 0 unspecified atom stereocenters. The number of benzene rings is 2. The van der Waals surface area contributed by atoms with Crippen molar-refractivity contribution in [2.45, 2.75) is 0 Å². The number of nitrogens with two attached hydrogens (primary N) is 1. The lowest BCUT2D eigenvalue weighted by Gasteiger charge is -2.08. The van der Waals surface area contributed by atoms with E-state index in [1.807, 2.05) is 0 Å². The van der Waals surface area contributed by atoms with Gasteiger partial charge in [0.05, 0.1) is 4.92 Å². The van der Waals surface area contributed by atoms with Gasteiger partial charge in [0, 0.05) is 17.7 Å². The summed E-state index contributed by atoms with van der Waals surface area (Å²) in [5.74, 6) is -3.35. The number of ether oxygens (including phenoxy) is 1. The fraction of sp³-hybridized carbons (Fsp3) is 0. The van der Waals surface area contributed by atoms with E-state index < -0.39 is 28.2 Å². The zero-order chi connectivity index (χ0) is 15.6. The van der Waals surface area contributed by atoms with Crippen molar-refractivity contribution < 1.29 is 23.2 Å². The number of carbonyl (C=O) groups excluding carboxylic acids is 1. The molecular weight excluding hydrogens is 286 g/mol. The SMILES string of the molecule is NC(=O)c1ccc(Oc2ccc(F)cc2F)c([N+](=O)[O-])c1. The van der Waals surface area contributed by atoms with Crippen LogP contribution in [0.25, 0.3) is 0 Å². The molecular formula is C13H8F2N2O4. The third-order valence-corrected chi connectivity index (χ3v) is 2.55. The first-order chi connectivity index (χ1) is 9.88. The molecule has 21 heavy (non-hydrogen) atoms. The van der Waals surface area contributed by atoms with E-state index in [0.717, 1.165) is 24.3 Å². The van der Waals surface area contributed by atoms with Crippen LogP contribution >= 0.6 is 0 Å². The normalized spacial score (nSPS) is 10.2. The summed E-state index contributed by atoms with van der Waals surface area (Å²) >= 11 is 0. The van der Waals surface area contributed by atoms with E-state index in [0.29, 0.717) is 6.07 Å². The first kappa shape index (κ1) is 14.4. The second kappa shape index (κ2) is 5.53. The van der Waals surface area contributed by atoms with Crippen molar-refractivity contribution in [3.63, 3.8) is 0 Å². The molecule has 0 aliphatic rings. The van der Waals surface area contributed by atoms with Gasteiger partial charge < -0.3 is 10.5 Å². The summed E-state index contributed by atoms with van der Waals surface area (Å²) in [6, 6.07) is 5.75. The summed E-state index contributed by atoms with van der Waals surface area (Å²) in [5, 5.41) is 10.9. The van der Waals surface area contributed by atoms with Crippen LogP contribution in [0.2, 0.25) is 0 Å². The second-order valence-corrected chi connectivity index (χ2v) is 3.98. The maximum atomic E-state index is 13.5. The molecule has 6 nitrogen and oxygen atoms in total. The van der Waals surface area contributed by atoms with E-state index in [-0.39, 0.29) is 17.1 Å². The monoisotopic (exact) mass is 294 g/mol.